The number of carbonyl (C=O) groups excluding carboxylic acids is 1. The molecule has 0 bridgehead atoms. The van der Waals surface area contributed by atoms with E-state index in [4.69, 9.17) is 5.11 Å². The summed E-state index contributed by atoms with van der Waals surface area (Å²) in [5, 5.41) is 13.0. The van der Waals surface area contributed by atoms with Crippen molar-refractivity contribution in [1.29, 1.82) is 0 Å². The third-order valence-corrected chi connectivity index (χ3v) is 4.68. The van der Waals surface area contributed by atoms with Crippen LogP contribution in [0.4, 0.5) is 0 Å². The number of hydrogen-bond donors (Lipinski definition) is 1. The molecule has 25 heavy (non-hydrogen) atoms. The maximum atomic E-state index is 12.8. The smallest absolute Gasteiger partial charge is 0.303 e. The highest BCUT2D eigenvalue weighted by Crippen LogP contribution is 2.23. The summed E-state index contributed by atoms with van der Waals surface area (Å²) in [4.78, 5) is 29.4. The summed E-state index contributed by atoms with van der Waals surface area (Å²) in [6.07, 6.45) is 5.81. The molecule has 1 amide bonds. The van der Waals surface area contributed by atoms with Crippen LogP contribution in [-0.2, 0) is 4.79 Å². The fourth-order valence-electron chi connectivity index (χ4n) is 3.37. The van der Waals surface area contributed by atoms with Crippen molar-refractivity contribution in [2.45, 2.75) is 32.6 Å². The fraction of sp³-hybridized carbons (Fsp3) is 0.444. The van der Waals surface area contributed by atoms with E-state index in [0.717, 1.165) is 30.6 Å². The monoisotopic (exact) mass is 342 g/mol. The van der Waals surface area contributed by atoms with Gasteiger partial charge in [-0.25, -0.2) is 9.67 Å². The van der Waals surface area contributed by atoms with Crippen molar-refractivity contribution in [2.24, 2.45) is 5.92 Å². The van der Waals surface area contributed by atoms with Crippen molar-refractivity contribution < 1.29 is 14.7 Å². The highest BCUT2D eigenvalue weighted by molar-refractivity contribution is 5.94. The van der Waals surface area contributed by atoms with E-state index >= 15 is 0 Å². The van der Waals surface area contributed by atoms with Gasteiger partial charge in [0.2, 0.25) is 0 Å². The maximum Gasteiger partial charge on any atom is 0.303 e. The van der Waals surface area contributed by atoms with E-state index in [1.807, 2.05) is 30.0 Å². The minimum atomic E-state index is -0.775. The summed E-state index contributed by atoms with van der Waals surface area (Å²) in [5.74, 6) is -0.500. The number of likely N-dealkylation sites (tertiary alicyclic amines) is 1. The van der Waals surface area contributed by atoms with E-state index in [1.165, 1.54) is 6.33 Å². The van der Waals surface area contributed by atoms with E-state index in [1.54, 1.807) is 11.0 Å². The molecule has 0 unspecified atom stereocenters. The van der Waals surface area contributed by atoms with Crippen LogP contribution < -0.4 is 0 Å². The standard InChI is InChI=1S/C18H22N4O3/c1-13-9-15(5-6-16(13)22-12-19-11-20-22)18(25)21-8-2-3-14(10-21)4-7-17(23)24/h5-6,9,11-12,14H,2-4,7-8,10H2,1H3,(H,23,24)/t14-/m1/s1. The predicted molar refractivity (Wildman–Crippen MR) is 91.6 cm³/mol. The number of carboxylic acid groups (broad SMARTS) is 1. The molecule has 0 radical (unpaired) electrons. The molecular weight excluding hydrogens is 320 g/mol. The lowest BCUT2D eigenvalue weighted by Crippen LogP contribution is -2.40. The number of aliphatic carboxylic acids is 1. The Morgan fingerprint density at radius 1 is 1.36 bits per heavy atom. The number of carbonyl (C=O) groups is 2. The van der Waals surface area contributed by atoms with Crippen LogP contribution in [-0.4, -0.2) is 49.7 Å². The molecule has 1 fully saturated rings. The van der Waals surface area contributed by atoms with Gasteiger partial charge in [0.1, 0.15) is 12.7 Å². The molecule has 2 aromatic rings. The molecule has 7 nitrogen and oxygen atoms in total. The molecule has 2 heterocycles. The Labute approximate surface area is 146 Å². The molecule has 132 valence electrons. The summed E-state index contributed by atoms with van der Waals surface area (Å²) >= 11 is 0. The summed E-state index contributed by atoms with van der Waals surface area (Å²) in [6, 6.07) is 5.57. The average molecular weight is 342 g/mol. The van der Waals surface area contributed by atoms with Crippen LogP contribution in [0.2, 0.25) is 0 Å². The van der Waals surface area contributed by atoms with Crippen LogP contribution in [0.5, 0.6) is 0 Å². The second-order valence-corrected chi connectivity index (χ2v) is 6.53. The quantitative estimate of drug-likeness (QED) is 0.900. The predicted octanol–water partition coefficient (Wildman–Crippen LogP) is 2.29. The van der Waals surface area contributed by atoms with Gasteiger partial charge in [-0.1, -0.05) is 0 Å². The fourth-order valence-corrected chi connectivity index (χ4v) is 3.37. The van der Waals surface area contributed by atoms with Gasteiger partial charge in [0, 0.05) is 25.1 Å². The summed E-state index contributed by atoms with van der Waals surface area (Å²) < 4.78 is 1.67. The molecule has 0 aliphatic carbocycles. The number of carboxylic acids is 1. The van der Waals surface area contributed by atoms with Crippen LogP contribution in [0.25, 0.3) is 5.69 Å². The molecule has 1 N–H and O–H groups in total. The van der Waals surface area contributed by atoms with Gasteiger partial charge < -0.3 is 10.0 Å². The number of hydrogen-bond acceptors (Lipinski definition) is 4. The Balaban J connectivity index is 1.70. The number of aryl methyl sites for hydroxylation is 1. The van der Waals surface area contributed by atoms with E-state index < -0.39 is 5.97 Å². The number of piperidine rings is 1. The number of nitrogens with zero attached hydrogens (tertiary/aromatic N) is 4. The van der Waals surface area contributed by atoms with Crippen molar-refractivity contribution in [2.75, 3.05) is 13.1 Å². The van der Waals surface area contributed by atoms with Gasteiger partial charge in [0.05, 0.1) is 5.69 Å². The van der Waals surface area contributed by atoms with E-state index in [9.17, 15) is 9.59 Å². The maximum absolute atomic E-state index is 12.8. The zero-order chi connectivity index (χ0) is 17.8. The number of aromatic nitrogens is 3. The van der Waals surface area contributed by atoms with Crippen LogP contribution in [0.1, 0.15) is 41.6 Å². The highest BCUT2D eigenvalue weighted by Gasteiger charge is 2.25. The van der Waals surface area contributed by atoms with Crippen molar-refractivity contribution in [3.05, 3.63) is 42.0 Å². The molecule has 0 spiro atoms. The lowest BCUT2D eigenvalue weighted by molar-refractivity contribution is -0.137. The van der Waals surface area contributed by atoms with Crippen molar-refractivity contribution in [3.63, 3.8) is 0 Å². The van der Waals surface area contributed by atoms with Crippen LogP contribution >= 0.6 is 0 Å². The Bertz CT molecular complexity index is 758. The first-order chi connectivity index (χ1) is 12.0. The van der Waals surface area contributed by atoms with E-state index in [-0.39, 0.29) is 18.2 Å². The topological polar surface area (TPSA) is 88.3 Å². The summed E-state index contributed by atoms with van der Waals surface area (Å²) in [7, 11) is 0. The second kappa shape index (κ2) is 7.46. The molecule has 1 aromatic heterocycles. The Hall–Kier alpha value is -2.70. The number of amides is 1. The third kappa shape index (κ3) is 4.04. The molecular formula is C18H22N4O3. The first-order valence-corrected chi connectivity index (χ1v) is 8.51. The Morgan fingerprint density at radius 3 is 2.88 bits per heavy atom. The SMILES string of the molecule is Cc1cc(C(=O)N2CCC[C@H](CCC(=O)O)C2)ccc1-n1cncn1. The lowest BCUT2D eigenvalue weighted by Gasteiger charge is -2.32. The molecule has 7 heteroatoms. The van der Waals surface area contributed by atoms with Crippen LogP contribution in [0.3, 0.4) is 0 Å². The van der Waals surface area contributed by atoms with Gasteiger partial charge in [-0.3, -0.25) is 9.59 Å². The van der Waals surface area contributed by atoms with Gasteiger partial charge in [-0.15, -0.1) is 0 Å². The van der Waals surface area contributed by atoms with Crippen LogP contribution in [0, 0.1) is 12.8 Å². The van der Waals surface area contributed by atoms with Gasteiger partial charge in [0.15, 0.2) is 0 Å². The number of rotatable bonds is 5. The van der Waals surface area contributed by atoms with Gasteiger partial charge in [-0.05, 0) is 55.9 Å². The third-order valence-electron chi connectivity index (χ3n) is 4.68. The molecule has 1 aliphatic rings. The van der Waals surface area contributed by atoms with E-state index in [2.05, 4.69) is 10.1 Å². The van der Waals surface area contributed by atoms with E-state index in [0.29, 0.717) is 18.5 Å². The average Bonchev–Trinajstić information content (AvgIpc) is 3.14. The minimum absolute atomic E-state index is 0.00765. The van der Waals surface area contributed by atoms with Crippen LogP contribution in [0.15, 0.2) is 30.9 Å². The molecule has 3 rings (SSSR count). The second-order valence-electron chi connectivity index (χ2n) is 6.53. The highest BCUT2D eigenvalue weighted by atomic mass is 16.4. The minimum Gasteiger partial charge on any atom is -0.481 e. The first-order valence-electron chi connectivity index (χ1n) is 8.51. The Morgan fingerprint density at radius 2 is 2.20 bits per heavy atom. The molecule has 0 saturated carbocycles. The molecule has 1 saturated heterocycles. The Kier molecular flexibility index (Phi) is 5.11. The van der Waals surface area contributed by atoms with Crippen molar-refractivity contribution in [1.82, 2.24) is 19.7 Å². The van der Waals surface area contributed by atoms with Gasteiger partial charge in [-0.2, -0.15) is 5.10 Å². The number of benzene rings is 1. The zero-order valence-corrected chi connectivity index (χ0v) is 14.3. The molecule has 1 atom stereocenters. The first kappa shape index (κ1) is 17.1. The largest absolute Gasteiger partial charge is 0.481 e. The normalized spacial score (nSPS) is 17.5. The molecule has 1 aliphatic heterocycles. The van der Waals surface area contributed by atoms with Gasteiger partial charge in [0.25, 0.3) is 5.91 Å². The van der Waals surface area contributed by atoms with Crippen molar-refractivity contribution >= 4 is 11.9 Å². The zero-order valence-electron chi connectivity index (χ0n) is 14.3. The summed E-state index contributed by atoms with van der Waals surface area (Å²) in [5.41, 5.74) is 2.50. The lowest BCUT2D eigenvalue weighted by atomic mass is 9.93. The van der Waals surface area contributed by atoms with Gasteiger partial charge >= 0.3 is 5.97 Å². The molecule has 1 aromatic carbocycles. The van der Waals surface area contributed by atoms with Crippen molar-refractivity contribution in [3.8, 4) is 5.69 Å². The summed E-state index contributed by atoms with van der Waals surface area (Å²) in [6.45, 7) is 3.31.